The van der Waals surface area contributed by atoms with Crippen LogP contribution in [-0.4, -0.2) is 22.8 Å². The number of benzene rings is 1. The number of nitrogens with zero attached hydrogens (tertiary/aromatic N) is 2. The van der Waals surface area contributed by atoms with Crippen molar-refractivity contribution in [2.75, 3.05) is 12.4 Å². The molecule has 1 aliphatic heterocycles. The molecule has 0 saturated carbocycles. The van der Waals surface area contributed by atoms with Gasteiger partial charge in [-0.25, -0.2) is 0 Å². The van der Waals surface area contributed by atoms with Crippen LogP contribution in [0.25, 0.3) is 0 Å². The number of hydrogen-bond donors (Lipinski definition) is 1. The van der Waals surface area contributed by atoms with Crippen LogP contribution in [0.4, 0.5) is 5.69 Å². The van der Waals surface area contributed by atoms with Gasteiger partial charge in [0.1, 0.15) is 0 Å². The van der Waals surface area contributed by atoms with Gasteiger partial charge in [-0.1, -0.05) is 6.07 Å². The molecule has 0 saturated heterocycles. The zero-order valence-electron chi connectivity index (χ0n) is 10.8. The summed E-state index contributed by atoms with van der Waals surface area (Å²) in [5.41, 5.74) is 4.02. The lowest BCUT2D eigenvalue weighted by atomic mass is 10.1. The molecule has 0 aliphatic carbocycles. The number of amides is 1. The van der Waals surface area contributed by atoms with Crippen LogP contribution in [0.3, 0.4) is 0 Å². The van der Waals surface area contributed by atoms with E-state index in [4.69, 9.17) is 0 Å². The maximum absolute atomic E-state index is 12.0. The Kier molecular flexibility index (Phi) is 3.01. The highest BCUT2D eigenvalue weighted by molar-refractivity contribution is 6.04. The fourth-order valence-electron chi connectivity index (χ4n) is 2.34. The number of carbonyl (C=O) groups is 1. The van der Waals surface area contributed by atoms with Crippen LogP contribution in [-0.2, 0) is 13.1 Å². The Bertz CT molecular complexity index is 610. The van der Waals surface area contributed by atoms with Crippen molar-refractivity contribution in [2.45, 2.75) is 13.1 Å². The molecule has 1 aromatic carbocycles. The number of hydrogen-bond acceptors (Lipinski definition) is 3. The molecule has 1 aromatic heterocycles. The van der Waals surface area contributed by atoms with Crippen molar-refractivity contribution in [3.63, 3.8) is 0 Å². The summed E-state index contributed by atoms with van der Waals surface area (Å²) in [6.07, 6.45) is 3.22. The maximum atomic E-state index is 12.0. The summed E-state index contributed by atoms with van der Waals surface area (Å²) in [4.78, 5) is 18.2. The molecule has 19 heavy (non-hydrogen) atoms. The summed E-state index contributed by atoms with van der Waals surface area (Å²) < 4.78 is 0. The fourth-order valence-corrected chi connectivity index (χ4v) is 2.34. The quantitative estimate of drug-likeness (QED) is 0.893. The second kappa shape index (κ2) is 4.82. The zero-order valence-corrected chi connectivity index (χ0v) is 10.8. The largest absolute Gasteiger partial charge is 0.322 e. The van der Waals surface area contributed by atoms with E-state index in [1.807, 2.05) is 12.1 Å². The van der Waals surface area contributed by atoms with Gasteiger partial charge in [0, 0.05) is 31.2 Å². The molecular weight excluding hydrogens is 238 g/mol. The molecule has 4 nitrogen and oxygen atoms in total. The molecule has 2 aromatic rings. The van der Waals surface area contributed by atoms with Gasteiger partial charge in [0.25, 0.3) is 5.91 Å². The summed E-state index contributed by atoms with van der Waals surface area (Å²) >= 11 is 0. The number of anilines is 1. The third-order valence-electron chi connectivity index (χ3n) is 3.27. The predicted molar refractivity (Wildman–Crippen MR) is 73.8 cm³/mol. The van der Waals surface area contributed by atoms with Crippen LogP contribution in [0.1, 0.15) is 21.5 Å². The lowest BCUT2D eigenvalue weighted by Crippen LogP contribution is -2.12. The average Bonchev–Trinajstić information content (AvgIpc) is 2.79. The van der Waals surface area contributed by atoms with Gasteiger partial charge in [-0.15, -0.1) is 0 Å². The van der Waals surface area contributed by atoms with Crippen LogP contribution in [0.2, 0.25) is 0 Å². The highest BCUT2D eigenvalue weighted by atomic mass is 16.1. The first kappa shape index (κ1) is 11.9. The summed E-state index contributed by atoms with van der Waals surface area (Å²) in [7, 11) is 2.09. The molecule has 0 spiro atoms. The second-order valence-electron chi connectivity index (χ2n) is 4.85. The van der Waals surface area contributed by atoms with Crippen molar-refractivity contribution in [2.24, 2.45) is 0 Å². The highest BCUT2D eigenvalue weighted by Crippen LogP contribution is 2.24. The molecular formula is C15H15N3O. The van der Waals surface area contributed by atoms with Crippen molar-refractivity contribution >= 4 is 11.6 Å². The third kappa shape index (κ3) is 2.48. The SMILES string of the molecule is CN1Cc2ccc(NC(=O)c3cccnc3)cc2C1. The molecule has 1 N–H and O–H groups in total. The van der Waals surface area contributed by atoms with E-state index >= 15 is 0 Å². The Morgan fingerprint density at radius 3 is 2.89 bits per heavy atom. The van der Waals surface area contributed by atoms with Crippen molar-refractivity contribution in [3.05, 3.63) is 59.4 Å². The average molecular weight is 253 g/mol. The molecule has 3 rings (SSSR count). The van der Waals surface area contributed by atoms with Crippen LogP contribution in [0, 0.1) is 0 Å². The van der Waals surface area contributed by atoms with Crippen molar-refractivity contribution in [3.8, 4) is 0 Å². The lowest BCUT2D eigenvalue weighted by Gasteiger charge is -2.06. The van der Waals surface area contributed by atoms with Gasteiger partial charge in [0.2, 0.25) is 0 Å². The summed E-state index contributed by atoms with van der Waals surface area (Å²) in [5, 5.41) is 2.91. The first-order valence-electron chi connectivity index (χ1n) is 6.24. The molecule has 4 heteroatoms. The van der Waals surface area contributed by atoms with Crippen LogP contribution < -0.4 is 5.32 Å². The molecule has 96 valence electrons. The number of nitrogens with one attached hydrogen (secondary N) is 1. The number of rotatable bonds is 2. The van der Waals surface area contributed by atoms with Crippen LogP contribution in [0.5, 0.6) is 0 Å². The Morgan fingerprint density at radius 1 is 1.26 bits per heavy atom. The molecule has 1 amide bonds. The van der Waals surface area contributed by atoms with E-state index in [1.54, 1.807) is 24.5 Å². The maximum Gasteiger partial charge on any atom is 0.257 e. The molecule has 0 radical (unpaired) electrons. The van der Waals surface area contributed by atoms with Crippen molar-refractivity contribution in [1.82, 2.24) is 9.88 Å². The van der Waals surface area contributed by atoms with Gasteiger partial charge < -0.3 is 5.32 Å². The molecule has 0 unspecified atom stereocenters. The van der Waals surface area contributed by atoms with E-state index in [1.165, 1.54) is 11.1 Å². The van der Waals surface area contributed by atoms with Gasteiger partial charge in [-0.2, -0.15) is 0 Å². The predicted octanol–water partition coefficient (Wildman–Crippen LogP) is 2.28. The van der Waals surface area contributed by atoms with Gasteiger partial charge in [0.15, 0.2) is 0 Å². The summed E-state index contributed by atoms with van der Waals surface area (Å²) in [6.45, 7) is 1.91. The first-order valence-corrected chi connectivity index (χ1v) is 6.24. The van der Waals surface area contributed by atoms with Crippen molar-refractivity contribution in [1.29, 1.82) is 0 Å². The minimum atomic E-state index is -0.126. The molecule has 2 heterocycles. The van der Waals surface area contributed by atoms with Gasteiger partial charge in [0.05, 0.1) is 5.56 Å². The standard InChI is InChI=1S/C15H15N3O/c1-18-9-12-4-5-14(7-13(12)10-18)17-15(19)11-3-2-6-16-8-11/h2-8H,9-10H2,1H3,(H,17,19). The summed E-state index contributed by atoms with van der Waals surface area (Å²) in [5.74, 6) is -0.126. The second-order valence-corrected chi connectivity index (χ2v) is 4.85. The van der Waals surface area contributed by atoms with Gasteiger partial charge in [-0.3, -0.25) is 14.7 Å². The number of aromatic nitrogens is 1. The Balaban J connectivity index is 1.78. The first-order chi connectivity index (χ1) is 9.22. The highest BCUT2D eigenvalue weighted by Gasteiger charge is 2.16. The van der Waals surface area contributed by atoms with E-state index in [0.29, 0.717) is 5.56 Å². The van der Waals surface area contributed by atoms with Crippen LogP contribution in [0.15, 0.2) is 42.7 Å². The van der Waals surface area contributed by atoms with Crippen molar-refractivity contribution < 1.29 is 4.79 Å². The van der Waals surface area contributed by atoms with E-state index in [9.17, 15) is 4.79 Å². The third-order valence-corrected chi connectivity index (χ3v) is 3.27. The smallest absolute Gasteiger partial charge is 0.257 e. The van der Waals surface area contributed by atoms with Gasteiger partial charge in [-0.05, 0) is 42.4 Å². The number of fused-ring (bicyclic) bond motifs is 1. The topological polar surface area (TPSA) is 45.2 Å². The lowest BCUT2D eigenvalue weighted by molar-refractivity contribution is 0.102. The minimum Gasteiger partial charge on any atom is -0.322 e. The fraction of sp³-hybridized carbons (Fsp3) is 0.200. The summed E-state index contributed by atoms with van der Waals surface area (Å²) in [6, 6.07) is 9.59. The van der Waals surface area contributed by atoms with E-state index in [2.05, 4.69) is 28.3 Å². The molecule has 1 aliphatic rings. The van der Waals surface area contributed by atoms with Gasteiger partial charge >= 0.3 is 0 Å². The minimum absolute atomic E-state index is 0.126. The Morgan fingerprint density at radius 2 is 2.11 bits per heavy atom. The van der Waals surface area contributed by atoms with E-state index in [-0.39, 0.29) is 5.91 Å². The monoisotopic (exact) mass is 253 g/mol. The molecule has 0 atom stereocenters. The zero-order chi connectivity index (χ0) is 13.2. The number of carbonyl (C=O) groups excluding carboxylic acids is 1. The van der Waals surface area contributed by atoms with Crippen LogP contribution >= 0.6 is 0 Å². The molecule has 0 bridgehead atoms. The number of pyridine rings is 1. The Labute approximate surface area is 112 Å². The van der Waals surface area contributed by atoms with E-state index in [0.717, 1.165) is 18.8 Å². The normalized spacial score (nSPS) is 14.2. The Hall–Kier alpha value is -2.20. The molecule has 0 fully saturated rings. The van der Waals surface area contributed by atoms with E-state index < -0.39 is 0 Å².